The van der Waals surface area contributed by atoms with Crippen molar-refractivity contribution in [2.75, 3.05) is 6.54 Å². The second kappa shape index (κ2) is 8.11. The highest BCUT2D eigenvalue weighted by Gasteiger charge is 2.33. The highest BCUT2D eigenvalue weighted by molar-refractivity contribution is 6.00. The van der Waals surface area contributed by atoms with E-state index in [-0.39, 0.29) is 34.7 Å². The fraction of sp³-hybridized carbons (Fsp3) is 0.208. The number of halogens is 3. The predicted molar refractivity (Wildman–Crippen MR) is 113 cm³/mol. The molecule has 1 aliphatic heterocycles. The monoisotopic (exact) mass is 436 g/mol. The highest BCUT2D eigenvalue weighted by atomic mass is 19.3. The molecule has 2 aromatic carbocycles. The van der Waals surface area contributed by atoms with Crippen LogP contribution in [-0.4, -0.2) is 31.9 Å². The Morgan fingerprint density at radius 1 is 1.06 bits per heavy atom. The first-order valence-corrected chi connectivity index (χ1v) is 10.3. The van der Waals surface area contributed by atoms with Crippen molar-refractivity contribution in [3.8, 4) is 11.3 Å². The number of rotatable bonds is 4. The molecule has 162 valence electrons. The molecule has 3 heterocycles. The molecule has 5 rings (SSSR count). The number of amides is 1. The fourth-order valence-electron chi connectivity index (χ4n) is 4.27. The standard InChI is InChI=1S/C24H19F3N4O/c25-17-9-4-8-16(12-17)20-10-5-11-30(20)24(32)18-14-28-31-21(22(26)27)13-19(29-23(18)31)15-6-2-1-3-7-15/h1-4,6-9,12-14,20,22H,5,10-11H2/t20-/m0/s1. The molecule has 0 N–H and O–H groups in total. The van der Waals surface area contributed by atoms with Crippen LogP contribution in [0.1, 0.15) is 46.9 Å². The molecule has 1 atom stereocenters. The number of benzene rings is 2. The molecule has 5 nitrogen and oxygen atoms in total. The van der Waals surface area contributed by atoms with Crippen molar-refractivity contribution in [2.24, 2.45) is 0 Å². The van der Waals surface area contributed by atoms with Crippen LogP contribution >= 0.6 is 0 Å². The Labute approximate surface area is 182 Å². The second-order valence-corrected chi connectivity index (χ2v) is 7.74. The van der Waals surface area contributed by atoms with E-state index in [1.807, 2.05) is 6.07 Å². The topological polar surface area (TPSA) is 50.5 Å². The van der Waals surface area contributed by atoms with E-state index >= 15 is 0 Å². The van der Waals surface area contributed by atoms with Gasteiger partial charge in [-0.1, -0.05) is 42.5 Å². The average Bonchev–Trinajstić information content (AvgIpc) is 3.46. The lowest BCUT2D eigenvalue weighted by Gasteiger charge is -2.24. The van der Waals surface area contributed by atoms with Crippen molar-refractivity contribution in [1.82, 2.24) is 19.5 Å². The number of aromatic nitrogens is 3. The fourth-order valence-corrected chi connectivity index (χ4v) is 4.27. The van der Waals surface area contributed by atoms with Gasteiger partial charge in [0, 0.05) is 12.1 Å². The number of likely N-dealkylation sites (tertiary alicyclic amines) is 1. The highest BCUT2D eigenvalue weighted by Crippen LogP contribution is 2.34. The molecule has 0 radical (unpaired) electrons. The molecule has 0 bridgehead atoms. The molecular weight excluding hydrogens is 417 g/mol. The minimum atomic E-state index is -2.79. The Morgan fingerprint density at radius 2 is 1.88 bits per heavy atom. The van der Waals surface area contributed by atoms with Crippen LogP contribution in [0, 0.1) is 5.82 Å². The van der Waals surface area contributed by atoms with E-state index in [1.165, 1.54) is 24.4 Å². The summed E-state index contributed by atoms with van der Waals surface area (Å²) >= 11 is 0. The lowest BCUT2D eigenvalue weighted by Crippen LogP contribution is -2.30. The quantitative estimate of drug-likeness (QED) is 0.428. The first kappa shape index (κ1) is 20.2. The van der Waals surface area contributed by atoms with Gasteiger partial charge in [0.05, 0.1) is 17.9 Å². The number of hydrogen-bond acceptors (Lipinski definition) is 3. The largest absolute Gasteiger partial charge is 0.331 e. The number of carbonyl (C=O) groups excluding carboxylic acids is 1. The normalized spacial score (nSPS) is 16.2. The minimum absolute atomic E-state index is 0.0801. The Morgan fingerprint density at radius 3 is 2.62 bits per heavy atom. The molecule has 0 spiro atoms. The van der Waals surface area contributed by atoms with Gasteiger partial charge < -0.3 is 4.90 Å². The second-order valence-electron chi connectivity index (χ2n) is 7.74. The number of alkyl halides is 2. The summed E-state index contributed by atoms with van der Waals surface area (Å²) in [7, 11) is 0. The molecule has 0 aliphatic carbocycles. The van der Waals surface area contributed by atoms with E-state index < -0.39 is 6.43 Å². The van der Waals surface area contributed by atoms with E-state index in [0.717, 1.165) is 10.9 Å². The Balaban J connectivity index is 1.59. The molecular formula is C24H19F3N4O. The van der Waals surface area contributed by atoms with Gasteiger partial charge in [0.1, 0.15) is 17.1 Å². The Kier molecular flexibility index (Phi) is 5.13. The summed E-state index contributed by atoms with van der Waals surface area (Å²) in [6.07, 6.45) is -0.0550. The molecule has 32 heavy (non-hydrogen) atoms. The third kappa shape index (κ3) is 3.51. The van der Waals surface area contributed by atoms with E-state index in [0.29, 0.717) is 29.8 Å². The maximum atomic E-state index is 13.8. The van der Waals surface area contributed by atoms with Crippen LogP contribution < -0.4 is 0 Å². The van der Waals surface area contributed by atoms with Gasteiger partial charge in [-0.3, -0.25) is 4.79 Å². The van der Waals surface area contributed by atoms with Gasteiger partial charge in [0.2, 0.25) is 0 Å². The van der Waals surface area contributed by atoms with Crippen LogP contribution in [0.2, 0.25) is 0 Å². The van der Waals surface area contributed by atoms with Crippen LogP contribution in [-0.2, 0) is 0 Å². The zero-order valence-electron chi connectivity index (χ0n) is 17.0. The molecule has 1 aliphatic rings. The third-order valence-electron chi connectivity index (χ3n) is 5.77. The van der Waals surface area contributed by atoms with Gasteiger partial charge in [0.15, 0.2) is 5.65 Å². The van der Waals surface area contributed by atoms with E-state index in [4.69, 9.17) is 0 Å². The summed E-state index contributed by atoms with van der Waals surface area (Å²) in [4.78, 5) is 19.6. The lowest BCUT2D eigenvalue weighted by molar-refractivity contribution is 0.0737. The molecule has 4 aromatic rings. The maximum absolute atomic E-state index is 13.8. The maximum Gasteiger partial charge on any atom is 0.280 e. The third-order valence-corrected chi connectivity index (χ3v) is 5.77. The molecule has 1 fully saturated rings. The first-order valence-electron chi connectivity index (χ1n) is 10.3. The van der Waals surface area contributed by atoms with Crippen LogP contribution in [0.4, 0.5) is 13.2 Å². The minimum Gasteiger partial charge on any atom is -0.331 e. The smallest absolute Gasteiger partial charge is 0.280 e. The van der Waals surface area contributed by atoms with Gasteiger partial charge in [-0.25, -0.2) is 22.7 Å². The summed E-state index contributed by atoms with van der Waals surface area (Å²) in [5, 5.41) is 4.05. The van der Waals surface area contributed by atoms with Crippen molar-refractivity contribution in [2.45, 2.75) is 25.3 Å². The summed E-state index contributed by atoms with van der Waals surface area (Å²) in [5.74, 6) is -0.724. The zero-order chi connectivity index (χ0) is 22.2. The summed E-state index contributed by atoms with van der Waals surface area (Å²) in [6.45, 7) is 0.484. The number of hydrogen-bond donors (Lipinski definition) is 0. The van der Waals surface area contributed by atoms with Gasteiger partial charge in [-0.2, -0.15) is 5.10 Å². The SMILES string of the molecule is O=C(c1cnn2c(C(F)F)cc(-c3ccccc3)nc12)N1CCC[C@H]1c1cccc(F)c1. The van der Waals surface area contributed by atoms with Gasteiger partial charge in [0.25, 0.3) is 12.3 Å². The number of carbonyl (C=O) groups is 1. The van der Waals surface area contributed by atoms with Gasteiger partial charge >= 0.3 is 0 Å². The van der Waals surface area contributed by atoms with Crippen molar-refractivity contribution in [3.05, 3.63) is 89.5 Å². The Hall–Kier alpha value is -3.68. The molecule has 0 saturated carbocycles. The summed E-state index contributed by atoms with van der Waals surface area (Å²) < 4.78 is 42.4. The summed E-state index contributed by atoms with van der Waals surface area (Å²) in [6, 6.07) is 16.1. The van der Waals surface area contributed by atoms with Crippen molar-refractivity contribution in [1.29, 1.82) is 0 Å². The van der Waals surface area contributed by atoms with Crippen LogP contribution in [0.25, 0.3) is 16.9 Å². The number of fused-ring (bicyclic) bond motifs is 1. The molecule has 2 aromatic heterocycles. The summed E-state index contributed by atoms with van der Waals surface area (Å²) in [5.41, 5.74) is 1.60. The zero-order valence-corrected chi connectivity index (χ0v) is 17.0. The van der Waals surface area contributed by atoms with E-state index in [2.05, 4.69) is 10.1 Å². The van der Waals surface area contributed by atoms with Crippen molar-refractivity contribution in [3.63, 3.8) is 0 Å². The van der Waals surface area contributed by atoms with E-state index in [1.54, 1.807) is 41.3 Å². The molecule has 1 saturated heterocycles. The van der Waals surface area contributed by atoms with Crippen LogP contribution in [0.3, 0.4) is 0 Å². The van der Waals surface area contributed by atoms with E-state index in [9.17, 15) is 18.0 Å². The lowest BCUT2D eigenvalue weighted by atomic mass is 10.0. The first-order chi connectivity index (χ1) is 15.5. The van der Waals surface area contributed by atoms with Crippen LogP contribution in [0.5, 0.6) is 0 Å². The van der Waals surface area contributed by atoms with Gasteiger partial charge in [-0.15, -0.1) is 0 Å². The van der Waals surface area contributed by atoms with Gasteiger partial charge in [-0.05, 0) is 36.6 Å². The molecule has 8 heteroatoms. The van der Waals surface area contributed by atoms with Crippen molar-refractivity contribution >= 4 is 11.6 Å². The number of nitrogens with zero attached hydrogens (tertiary/aromatic N) is 4. The predicted octanol–water partition coefficient (Wildman–Crippen LogP) is 5.45. The van der Waals surface area contributed by atoms with Crippen LogP contribution in [0.15, 0.2) is 66.9 Å². The Bertz CT molecular complexity index is 1290. The van der Waals surface area contributed by atoms with Crippen molar-refractivity contribution < 1.29 is 18.0 Å². The molecule has 1 amide bonds. The molecule has 0 unspecified atom stereocenters. The average molecular weight is 436 g/mol.